The zero-order chi connectivity index (χ0) is 21.8. The second-order valence-corrected chi connectivity index (χ2v) is 9.12. The summed E-state index contributed by atoms with van der Waals surface area (Å²) < 4.78 is 5.67. The van der Waals surface area contributed by atoms with Gasteiger partial charge in [-0.3, -0.25) is 4.79 Å². The Morgan fingerprint density at radius 3 is 2.65 bits per heavy atom. The van der Waals surface area contributed by atoms with Crippen LogP contribution in [0.25, 0.3) is 0 Å². The van der Waals surface area contributed by atoms with Crippen molar-refractivity contribution in [2.75, 3.05) is 37.4 Å². The maximum atomic E-state index is 13.0. The largest absolute Gasteiger partial charge is 0.496 e. The number of para-hydroxylation sites is 1. The molecule has 1 unspecified atom stereocenters. The van der Waals surface area contributed by atoms with E-state index in [-0.39, 0.29) is 11.8 Å². The predicted octanol–water partition coefficient (Wildman–Crippen LogP) is 4.90. The second-order valence-electron chi connectivity index (χ2n) is 9.12. The number of carbonyl (C=O) groups excluding carboxylic acids is 1. The summed E-state index contributed by atoms with van der Waals surface area (Å²) in [5.74, 6) is 1.43. The van der Waals surface area contributed by atoms with Crippen LogP contribution in [0.15, 0.2) is 42.5 Å². The van der Waals surface area contributed by atoms with Gasteiger partial charge < -0.3 is 20.3 Å². The molecule has 1 saturated heterocycles. The first-order valence-electron chi connectivity index (χ1n) is 11.6. The highest BCUT2D eigenvalue weighted by molar-refractivity contribution is 5.93. The van der Waals surface area contributed by atoms with Crippen molar-refractivity contribution in [2.45, 2.75) is 51.5 Å². The highest BCUT2D eigenvalue weighted by Gasteiger charge is 2.26. The van der Waals surface area contributed by atoms with Crippen LogP contribution in [-0.2, 0) is 11.2 Å². The molecule has 1 amide bonds. The van der Waals surface area contributed by atoms with Crippen LogP contribution in [0.1, 0.15) is 50.2 Å². The van der Waals surface area contributed by atoms with E-state index in [0.717, 1.165) is 55.9 Å². The molecule has 2 aliphatic rings. The van der Waals surface area contributed by atoms with Crippen LogP contribution < -0.4 is 15.4 Å². The number of fused-ring (bicyclic) bond motifs is 1. The van der Waals surface area contributed by atoms with Crippen LogP contribution in [0.4, 0.5) is 11.4 Å². The van der Waals surface area contributed by atoms with Crippen molar-refractivity contribution in [2.24, 2.45) is 5.92 Å². The highest BCUT2D eigenvalue weighted by Crippen LogP contribution is 2.36. The van der Waals surface area contributed by atoms with Gasteiger partial charge in [0.25, 0.3) is 0 Å². The molecule has 0 aliphatic carbocycles. The van der Waals surface area contributed by atoms with E-state index in [1.54, 1.807) is 7.11 Å². The van der Waals surface area contributed by atoms with Crippen LogP contribution in [0.2, 0.25) is 0 Å². The number of anilines is 2. The molecule has 5 nitrogen and oxygen atoms in total. The number of carbonyl (C=O) groups is 1. The molecular formula is C26H35N3O2. The van der Waals surface area contributed by atoms with Crippen molar-refractivity contribution in [1.29, 1.82) is 0 Å². The van der Waals surface area contributed by atoms with Gasteiger partial charge in [-0.2, -0.15) is 0 Å². The molecule has 2 heterocycles. The molecule has 0 saturated carbocycles. The minimum Gasteiger partial charge on any atom is -0.496 e. The van der Waals surface area contributed by atoms with E-state index in [9.17, 15) is 4.79 Å². The highest BCUT2D eigenvalue weighted by atomic mass is 16.5. The third-order valence-electron chi connectivity index (χ3n) is 6.89. The number of amides is 1. The Labute approximate surface area is 186 Å². The lowest BCUT2D eigenvalue weighted by Gasteiger charge is -2.35. The number of rotatable bonds is 5. The quantitative estimate of drug-likeness (QED) is 0.721. The summed E-state index contributed by atoms with van der Waals surface area (Å²) in [7, 11) is 1.73. The van der Waals surface area contributed by atoms with Crippen LogP contribution in [0.5, 0.6) is 5.75 Å². The fraction of sp³-hybridized carbons (Fsp3) is 0.500. The molecule has 1 fully saturated rings. The van der Waals surface area contributed by atoms with Gasteiger partial charge in [-0.25, -0.2) is 0 Å². The Morgan fingerprint density at radius 2 is 1.90 bits per heavy atom. The number of piperidine rings is 1. The molecule has 31 heavy (non-hydrogen) atoms. The normalized spacial score (nSPS) is 19.9. The van der Waals surface area contributed by atoms with E-state index < -0.39 is 0 Å². The second kappa shape index (κ2) is 9.73. The summed E-state index contributed by atoms with van der Waals surface area (Å²) in [5, 5.41) is 6.63. The van der Waals surface area contributed by atoms with Gasteiger partial charge in [0.1, 0.15) is 5.75 Å². The molecule has 5 heteroatoms. The van der Waals surface area contributed by atoms with Crippen molar-refractivity contribution in [3.63, 3.8) is 0 Å². The Balaban J connectivity index is 1.43. The first kappa shape index (κ1) is 21.7. The van der Waals surface area contributed by atoms with Crippen LogP contribution in [-0.4, -0.2) is 43.6 Å². The minimum atomic E-state index is -0.0489. The van der Waals surface area contributed by atoms with Crippen LogP contribution in [0.3, 0.4) is 0 Å². The number of methoxy groups -OCH3 is 1. The number of ether oxygens (including phenoxy) is 1. The first-order chi connectivity index (χ1) is 15.0. The molecule has 166 valence electrons. The average molecular weight is 422 g/mol. The van der Waals surface area contributed by atoms with E-state index in [1.807, 2.05) is 18.2 Å². The minimum absolute atomic E-state index is 0.0489. The van der Waals surface area contributed by atoms with Gasteiger partial charge in [-0.05, 0) is 93.9 Å². The van der Waals surface area contributed by atoms with E-state index in [2.05, 4.69) is 53.6 Å². The molecule has 2 aromatic carbocycles. The van der Waals surface area contributed by atoms with Crippen LogP contribution in [0, 0.1) is 5.92 Å². The number of likely N-dealkylation sites (tertiary alicyclic amines) is 1. The smallest absolute Gasteiger partial charge is 0.229 e. The predicted molar refractivity (Wildman–Crippen MR) is 127 cm³/mol. The van der Waals surface area contributed by atoms with Crippen molar-refractivity contribution >= 4 is 17.3 Å². The summed E-state index contributed by atoms with van der Waals surface area (Å²) in [5.41, 5.74) is 4.53. The van der Waals surface area contributed by atoms with Crippen molar-refractivity contribution in [3.8, 4) is 5.75 Å². The Hall–Kier alpha value is -2.53. The molecule has 0 aromatic heterocycles. The van der Waals surface area contributed by atoms with Crippen molar-refractivity contribution in [1.82, 2.24) is 4.90 Å². The lowest BCUT2D eigenvalue weighted by molar-refractivity contribution is -0.119. The summed E-state index contributed by atoms with van der Waals surface area (Å²) in [4.78, 5) is 15.6. The standard InChI is InChI=1S/C26H35N3O2/c1-18(2)29-14-12-19(13-15-29)23-16-22(10-11-25(23)31-3)28-26(30)21-9-8-20-6-4-5-7-24(20)27-17-21/h4-7,10-11,16,18-19,21,27H,8-9,12-15,17H2,1-3H3,(H,28,30). The van der Waals surface area contributed by atoms with E-state index in [4.69, 9.17) is 4.74 Å². The molecular weight excluding hydrogens is 386 g/mol. The van der Waals surface area contributed by atoms with E-state index in [0.29, 0.717) is 18.5 Å². The van der Waals surface area contributed by atoms with E-state index in [1.165, 1.54) is 11.1 Å². The van der Waals surface area contributed by atoms with E-state index >= 15 is 0 Å². The number of nitrogens with zero attached hydrogens (tertiary/aromatic N) is 1. The SMILES string of the molecule is COc1ccc(NC(=O)C2CCc3ccccc3NC2)cc1C1CCN(C(C)C)CC1. The molecule has 2 aliphatic heterocycles. The van der Waals surface area contributed by atoms with Gasteiger partial charge in [0.05, 0.1) is 13.0 Å². The summed E-state index contributed by atoms with van der Waals surface area (Å²) in [6, 6.07) is 15.0. The van der Waals surface area contributed by atoms with Gasteiger partial charge in [0.2, 0.25) is 5.91 Å². The first-order valence-corrected chi connectivity index (χ1v) is 11.6. The summed E-state index contributed by atoms with van der Waals surface area (Å²) in [6.07, 6.45) is 4.02. The molecule has 0 bridgehead atoms. The monoisotopic (exact) mass is 421 g/mol. The van der Waals surface area contributed by atoms with Gasteiger partial charge >= 0.3 is 0 Å². The van der Waals surface area contributed by atoms with Crippen molar-refractivity contribution in [3.05, 3.63) is 53.6 Å². The molecule has 2 N–H and O–H groups in total. The van der Waals surface area contributed by atoms with Crippen LogP contribution >= 0.6 is 0 Å². The summed E-state index contributed by atoms with van der Waals surface area (Å²) in [6.45, 7) is 7.40. The van der Waals surface area contributed by atoms with Crippen molar-refractivity contribution < 1.29 is 9.53 Å². The Morgan fingerprint density at radius 1 is 1.13 bits per heavy atom. The average Bonchev–Trinajstić information content (AvgIpc) is 3.02. The van der Waals surface area contributed by atoms with Gasteiger partial charge in [-0.1, -0.05) is 18.2 Å². The Bertz CT molecular complexity index is 876. The maximum absolute atomic E-state index is 13.0. The molecule has 2 aromatic rings. The maximum Gasteiger partial charge on any atom is 0.229 e. The third kappa shape index (κ3) is 5.04. The van der Waals surface area contributed by atoms with Gasteiger partial charge in [0.15, 0.2) is 0 Å². The lowest BCUT2D eigenvalue weighted by Crippen LogP contribution is -2.37. The number of hydrogen-bond acceptors (Lipinski definition) is 4. The number of aryl methyl sites for hydroxylation is 1. The Kier molecular flexibility index (Phi) is 6.81. The molecule has 0 spiro atoms. The fourth-order valence-corrected chi connectivity index (χ4v) is 4.90. The zero-order valence-corrected chi connectivity index (χ0v) is 19.0. The fourth-order valence-electron chi connectivity index (χ4n) is 4.90. The zero-order valence-electron chi connectivity index (χ0n) is 19.0. The number of benzene rings is 2. The van der Waals surface area contributed by atoms with Gasteiger partial charge in [0, 0.05) is 24.0 Å². The van der Waals surface area contributed by atoms with Gasteiger partial charge in [-0.15, -0.1) is 0 Å². The topological polar surface area (TPSA) is 53.6 Å². The lowest BCUT2D eigenvalue weighted by atomic mass is 9.88. The third-order valence-corrected chi connectivity index (χ3v) is 6.89. The number of hydrogen-bond donors (Lipinski definition) is 2. The molecule has 1 atom stereocenters. The molecule has 4 rings (SSSR count). The number of nitrogens with one attached hydrogen (secondary N) is 2. The molecule has 0 radical (unpaired) electrons. The summed E-state index contributed by atoms with van der Waals surface area (Å²) >= 11 is 0.